The molecule has 0 radical (unpaired) electrons. The SMILES string of the molecule is CC(=O)Nc1ncccc1C1Cc2cc3ccc(Cl)nc3cc2C1. The second kappa shape index (κ2) is 5.87. The molecule has 120 valence electrons. The zero-order valence-electron chi connectivity index (χ0n) is 13.2. The van der Waals surface area contributed by atoms with Crippen molar-refractivity contribution in [3.63, 3.8) is 0 Å². The summed E-state index contributed by atoms with van der Waals surface area (Å²) in [5.74, 6) is 0.867. The maximum atomic E-state index is 11.4. The van der Waals surface area contributed by atoms with Gasteiger partial charge in [0, 0.05) is 18.5 Å². The second-order valence-corrected chi connectivity index (χ2v) is 6.56. The number of rotatable bonds is 2. The van der Waals surface area contributed by atoms with Crippen molar-refractivity contribution >= 4 is 34.2 Å². The van der Waals surface area contributed by atoms with Crippen LogP contribution in [0, 0.1) is 0 Å². The van der Waals surface area contributed by atoms with E-state index in [1.165, 1.54) is 18.1 Å². The molecule has 0 fully saturated rings. The molecule has 2 aromatic heterocycles. The molecule has 0 bridgehead atoms. The summed E-state index contributed by atoms with van der Waals surface area (Å²) < 4.78 is 0. The summed E-state index contributed by atoms with van der Waals surface area (Å²) in [4.78, 5) is 20.2. The molecular formula is C19H16ClN3O. The van der Waals surface area contributed by atoms with E-state index in [0.717, 1.165) is 29.3 Å². The van der Waals surface area contributed by atoms with Crippen LogP contribution < -0.4 is 5.32 Å². The summed E-state index contributed by atoms with van der Waals surface area (Å²) >= 11 is 6.00. The van der Waals surface area contributed by atoms with Crippen molar-refractivity contribution in [3.8, 4) is 0 Å². The van der Waals surface area contributed by atoms with Crippen LogP contribution in [0.4, 0.5) is 5.82 Å². The van der Waals surface area contributed by atoms with E-state index < -0.39 is 0 Å². The Hall–Kier alpha value is -2.46. The number of aromatic nitrogens is 2. The first-order valence-corrected chi connectivity index (χ1v) is 8.28. The lowest BCUT2D eigenvalue weighted by Gasteiger charge is -2.14. The average molecular weight is 338 g/mol. The quantitative estimate of drug-likeness (QED) is 0.715. The Morgan fingerprint density at radius 3 is 2.79 bits per heavy atom. The van der Waals surface area contributed by atoms with Crippen molar-refractivity contribution in [2.24, 2.45) is 0 Å². The van der Waals surface area contributed by atoms with Crippen molar-refractivity contribution < 1.29 is 4.79 Å². The molecule has 3 aromatic rings. The van der Waals surface area contributed by atoms with Gasteiger partial charge in [-0.2, -0.15) is 0 Å². The molecule has 1 N–H and O–H groups in total. The highest BCUT2D eigenvalue weighted by atomic mass is 35.5. The maximum Gasteiger partial charge on any atom is 0.222 e. The minimum Gasteiger partial charge on any atom is -0.311 e. The molecular weight excluding hydrogens is 322 g/mol. The van der Waals surface area contributed by atoms with Gasteiger partial charge in [0.1, 0.15) is 11.0 Å². The number of carbonyl (C=O) groups excluding carboxylic acids is 1. The third kappa shape index (κ3) is 2.74. The summed E-state index contributed by atoms with van der Waals surface area (Å²) in [6, 6.07) is 12.1. The Morgan fingerprint density at radius 1 is 1.21 bits per heavy atom. The average Bonchev–Trinajstić information content (AvgIpc) is 2.95. The van der Waals surface area contributed by atoms with E-state index in [1.54, 1.807) is 6.20 Å². The number of pyridine rings is 2. The Bertz CT molecular complexity index is 954. The predicted molar refractivity (Wildman–Crippen MR) is 95.4 cm³/mol. The fourth-order valence-electron chi connectivity index (χ4n) is 3.46. The molecule has 4 rings (SSSR count). The lowest BCUT2D eigenvalue weighted by Crippen LogP contribution is -2.12. The van der Waals surface area contributed by atoms with E-state index in [-0.39, 0.29) is 5.91 Å². The van der Waals surface area contributed by atoms with E-state index in [0.29, 0.717) is 16.9 Å². The minimum absolute atomic E-state index is 0.102. The summed E-state index contributed by atoms with van der Waals surface area (Å²) in [5.41, 5.74) is 4.63. The van der Waals surface area contributed by atoms with Gasteiger partial charge >= 0.3 is 0 Å². The van der Waals surface area contributed by atoms with Crippen molar-refractivity contribution in [1.29, 1.82) is 0 Å². The van der Waals surface area contributed by atoms with Gasteiger partial charge in [0.2, 0.25) is 5.91 Å². The summed E-state index contributed by atoms with van der Waals surface area (Å²) in [7, 11) is 0. The number of halogens is 1. The van der Waals surface area contributed by atoms with Crippen LogP contribution in [0.1, 0.15) is 29.5 Å². The first-order chi connectivity index (χ1) is 11.6. The zero-order chi connectivity index (χ0) is 16.7. The van der Waals surface area contributed by atoms with Gasteiger partial charge < -0.3 is 5.32 Å². The molecule has 1 aliphatic rings. The minimum atomic E-state index is -0.102. The van der Waals surface area contributed by atoms with Crippen LogP contribution in [0.15, 0.2) is 42.6 Å². The molecule has 2 heterocycles. The standard InChI is InChI=1S/C19H16ClN3O/c1-11(24)22-19-16(3-2-6-21-19)15-8-13-7-12-4-5-18(20)23-17(12)10-14(13)9-15/h2-7,10,15H,8-9H2,1H3,(H,21,22,24). The molecule has 1 amide bonds. The number of fused-ring (bicyclic) bond motifs is 2. The third-order valence-corrected chi connectivity index (χ3v) is 4.69. The van der Waals surface area contributed by atoms with Crippen LogP contribution in [0.3, 0.4) is 0 Å². The molecule has 0 saturated carbocycles. The Balaban J connectivity index is 1.71. The highest BCUT2D eigenvalue weighted by Gasteiger charge is 2.26. The van der Waals surface area contributed by atoms with E-state index in [1.807, 2.05) is 24.3 Å². The van der Waals surface area contributed by atoms with Gasteiger partial charge in [-0.25, -0.2) is 9.97 Å². The molecule has 0 aliphatic heterocycles. The molecule has 5 heteroatoms. The molecule has 1 aromatic carbocycles. The van der Waals surface area contributed by atoms with Crippen molar-refractivity contribution in [2.45, 2.75) is 25.7 Å². The normalized spacial score (nSPS) is 16.2. The molecule has 0 spiro atoms. The van der Waals surface area contributed by atoms with Crippen LogP contribution in [-0.2, 0) is 17.6 Å². The summed E-state index contributed by atoms with van der Waals surface area (Å²) in [6.07, 6.45) is 3.56. The maximum absolute atomic E-state index is 11.4. The predicted octanol–water partition coefficient (Wildman–Crippen LogP) is 4.12. The number of nitrogens with one attached hydrogen (secondary N) is 1. The summed E-state index contributed by atoms with van der Waals surface area (Å²) in [5, 5.41) is 4.45. The van der Waals surface area contributed by atoms with Crippen LogP contribution in [0.25, 0.3) is 10.9 Å². The molecule has 1 atom stereocenters. The lowest BCUT2D eigenvalue weighted by atomic mass is 9.96. The second-order valence-electron chi connectivity index (χ2n) is 6.18. The lowest BCUT2D eigenvalue weighted by molar-refractivity contribution is -0.114. The van der Waals surface area contributed by atoms with Crippen molar-refractivity contribution in [1.82, 2.24) is 9.97 Å². The fourth-order valence-corrected chi connectivity index (χ4v) is 3.61. The van der Waals surface area contributed by atoms with E-state index in [9.17, 15) is 4.79 Å². The molecule has 0 saturated heterocycles. The molecule has 4 nitrogen and oxygen atoms in total. The van der Waals surface area contributed by atoms with Gasteiger partial charge in [0.05, 0.1) is 5.52 Å². The van der Waals surface area contributed by atoms with Crippen LogP contribution in [-0.4, -0.2) is 15.9 Å². The Labute approximate surface area is 144 Å². The monoisotopic (exact) mass is 337 g/mol. The first kappa shape index (κ1) is 15.1. The Kier molecular flexibility index (Phi) is 3.69. The van der Waals surface area contributed by atoms with Crippen molar-refractivity contribution in [3.05, 3.63) is 64.4 Å². The Morgan fingerprint density at radius 2 is 2.00 bits per heavy atom. The van der Waals surface area contributed by atoms with Gasteiger partial charge in [-0.15, -0.1) is 0 Å². The van der Waals surface area contributed by atoms with E-state index >= 15 is 0 Å². The van der Waals surface area contributed by atoms with Crippen LogP contribution in [0.2, 0.25) is 5.15 Å². The highest BCUT2D eigenvalue weighted by Crippen LogP contribution is 2.38. The third-order valence-electron chi connectivity index (χ3n) is 4.48. The van der Waals surface area contributed by atoms with Crippen LogP contribution in [0.5, 0.6) is 0 Å². The number of benzene rings is 1. The van der Waals surface area contributed by atoms with Gasteiger partial charge in [0.25, 0.3) is 0 Å². The van der Waals surface area contributed by atoms with Crippen LogP contribution >= 0.6 is 11.6 Å². The van der Waals surface area contributed by atoms with E-state index in [2.05, 4.69) is 27.4 Å². The van der Waals surface area contributed by atoms with Crippen molar-refractivity contribution in [2.75, 3.05) is 5.32 Å². The molecule has 24 heavy (non-hydrogen) atoms. The number of hydrogen-bond acceptors (Lipinski definition) is 3. The zero-order valence-corrected chi connectivity index (χ0v) is 14.0. The smallest absolute Gasteiger partial charge is 0.222 e. The number of amides is 1. The van der Waals surface area contributed by atoms with Gasteiger partial charge in [-0.3, -0.25) is 4.79 Å². The first-order valence-electron chi connectivity index (χ1n) is 7.91. The van der Waals surface area contributed by atoms with Gasteiger partial charge in [-0.05, 0) is 65.8 Å². The molecule has 1 unspecified atom stereocenters. The number of carbonyl (C=O) groups is 1. The van der Waals surface area contributed by atoms with Gasteiger partial charge in [0.15, 0.2) is 0 Å². The largest absolute Gasteiger partial charge is 0.311 e. The fraction of sp³-hybridized carbons (Fsp3) is 0.211. The van der Waals surface area contributed by atoms with Gasteiger partial charge in [-0.1, -0.05) is 17.7 Å². The number of hydrogen-bond donors (Lipinski definition) is 1. The topological polar surface area (TPSA) is 54.9 Å². The highest BCUT2D eigenvalue weighted by molar-refractivity contribution is 6.29. The summed E-state index contributed by atoms with van der Waals surface area (Å²) in [6.45, 7) is 1.50. The number of nitrogens with zero attached hydrogens (tertiary/aromatic N) is 2. The number of anilines is 1. The molecule has 1 aliphatic carbocycles. The van der Waals surface area contributed by atoms with E-state index in [4.69, 9.17) is 11.6 Å².